The number of hydrogen-bond donors (Lipinski definition) is 5. The molecule has 0 aliphatic heterocycles. The maximum Gasteiger partial charge on any atom is 1.00 e. The van der Waals surface area contributed by atoms with Gasteiger partial charge in [0.25, 0.3) is 6.47 Å². The Labute approximate surface area is 731 Å². The van der Waals surface area contributed by atoms with Crippen LogP contribution in [0.25, 0.3) is 0 Å². The van der Waals surface area contributed by atoms with Gasteiger partial charge in [0.1, 0.15) is 75.0 Å². The molecule has 560 valence electrons. The Morgan fingerprint density at radius 1 is 0.505 bits per heavy atom. The molecule has 0 amide bonds. The van der Waals surface area contributed by atoms with Crippen molar-refractivity contribution < 1.29 is 220 Å². The summed E-state index contributed by atoms with van der Waals surface area (Å²) in [6.07, 6.45) is 1.63. The van der Waals surface area contributed by atoms with Crippen molar-refractivity contribution in [2.75, 3.05) is 34.2 Å². The Hall–Kier alpha value is -7.83. The molecule has 23 nitrogen and oxygen atoms in total. The van der Waals surface area contributed by atoms with E-state index >= 15 is 0 Å². The predicted molar refractivity (Wildman–Crippen MR) is 390 cm³/mol. The summed E-state index contributed by atoms with van der Waals surface area (Å²) in [7, 11) is 3.08. The van der Waals surface area contributed by atoms with Crippen LogP contribution in [0.5, 0.6) is 63.2 Å². The van der Waals surface area contributed by atoms with Crippen molar-refractivity contribution in [2.24, 2.45) is 0 Å². The smallest absolute Gasteiger partial charge is 1.00 e. The first-order chi connectivity index (χ1) is 50.4. The maximum absolute atomic E-state index is 13.7. The van der Waals surface area contributed by atoms with Crippen LogP contribution >= 0.6 is 63.7 Å². The molecule has 107 heavy (non-hydrogen) atoms. The molecule has 0 aliphatic carbocycles. The third-order valence-electron chi connectivity index (χ3n) is 11.8. The van der Waals surface area contributed by atoms with Gasteiger partial charge in [-0.3, -0.25) is 43.8 Å². The minimum Gasteiger partial charge on any atom is -1.00 e. The summed E-state index contributed by atoms with van der Waals surface area (Å²) in [5, 5.41) is 64.0. The number of ether oxygens (including phenoxy) is 6. The number of benzene rings is 10. The van der Waals surface area contributed by atoms with E-state index in [-0.39, 0.29) is 151 Å². The minimum atomic E-state index is -1.03. The number of nitro groups is 2. The minimum absolute atomic E-state index is 0. The number of aldehydes is 1. The van der Waals surface area contributed by atoms with Crippen LogP contribution in [-0.4, -0.2) is 83.5 Å². The number of phenolic OH excluding ortho intramolecular Hbond substituents is 3. The van der Waals surface area contributed by atoms with Gasteiger partial charge in [0.2, 0.25) is 11.6 Å². The summed E-state index contributed by atoms with van der Waals surface area (Å²) < 4.78 is 114. The van der Waals surface area contributed by atoms with E-state index in [1.165, 1.54) is 69.5 Å². The van der Waals surface area contributed by atoms with Crippen LogP contribution in [0.4, 0.5) is 43.4 Å². The average Bonchev–Trinajstić information content (AvgIpc) is 0.842. The zero-order chi connectivity index (χ0) is 79.8. The fourth-order valence-corrected chi connectivity index (χ4v) is 8.30. The molecule has 10 aromatic rings. The molecule has 0 bridgehead atoms. The first-order valence-corrected chi connectivity index (χ1v) is 32.1. The number of methoxy groups -OCH3 is 2. The number of anilines is 1. The topological polar surface area (TPSA) is 349 Å². The molecule has 0 atom stereocenters. The molecule has 0 fully saturated rings. The van der Waals surface area contributed by atoms with Gasteiger partial charge in [-0.1, -0.05) is 63.7 Å². The number of nitrogens with two attached hydrogens (primary N) is 1. The zero-order valence-corrected chi connectivity index (χ0v) is 70.1. The average molecular weight is 1810 g/mol. The Kier molecular flexibility index (Phi) is 53.1. The number of alkyl halides is 1. The van der Waals surface area contributed by atoms with Crippen LogP contribution in [0.2, 0.25) is 0 Å². The van der Waals surface area contributed by atoms with E-state index in [9.17, 15) is 66.1 Å². The molecule has 0 saturated heterocycles. The number of carbonyl (C=O) groups excluding carboxylic acids is 4. The monoisotopic (exact) mass is 1800 g/mol. The van der Waals surface area contributed by atoms with Gasteiger partial charge in [0.05, 0.1) is 56.0 Å². The number of halogens is 10. The quantitative estimate of drug-likeness (QED) is 0.00732. The van der Waals surface area contributed by atoms with Crippen molar-refractivity contribution in [3.05, 3.63) is 290 Å². The maximum atomic E-state index is 13.7. The summed E-state index contributed by atoms with van der Waals surface area (Å²) in [6.45, 7) is 2.18. The second-order valence-corrected chi connectivity index (χ2v) is 22.8. The predicted octanol–water partition coefficient (Wildman–Crippen LogP) is 12.2. The van der Waals surface area contributed by atoms with E-state index in [4.69, 9.17) is 56.2 Å². The Balaban J connectivity index is -0.00000122. The third kappa shape index (κ3) is 42.5. The zero-order valence-electron chi connectivity index (χ0n) is 59.5. The standard InChI is InChI=1S/C21H18BrFO3.C12H7BrFNO3.C12H9BrFNO.C8H8O3.C6H5BrO.C6H3F2NO2.C4H6O3.CH3F.CH2O3.CH4O.2K.H/c1-25-19-9-10-20(24)14(13-19)2-3-15-12-17(23)6-11-21(15)26-18-7-4-16(22)5-8-18;13-8-1-4-10(5-2-8)18-12-6-3-9(14)7-11(12)15(16)17;13-8-1-4-10(5-2-8)16-12-6-3-9(14)7-11(12)15;1-11-7-2-3-8(10)6(4-7)5-9;7-5-1-3-6(8)4-2-5;7-4-1-2-5(8)6(3-4)9(10)11;1-3(5)7-4(2)6;1-2;2-1-4-3;1-2;;;/h4-13,24H,2-3H2,1H3;1-7H;1-7H,15H2;2-5,10H,1H3;1-4,8H;1-3H;1-2H3;1H3;1,3H;2H,1H3;;;/q;;;;;;;;;;2*+1;-1/p-1/i;;;;;;;1D;;;;;. The first-order valence-electron chi connectivity index (χ1n) is 29.6. The van der Waals surface area contributed by atoms with Crippen LogP contribution in [-0.2, 0) is 36.8 Å². The van der Waals surface area contributed by atoms with Gasteiger partial charge >= 0.3 is 126 Å². The van der Waals surface area contributed by atoms with Crippen LogP contribution in [0, 0.1) is 49.3 Å². The molecule has 0 saturated carbocycles. The van der Waals surface area contributed by atoms with Gasteiger partial charge in [-0.2, -0.15) is 4.39 Å². The molecule has 0 unspecified atom stereocenters. The number of carbonyl (C=O) groups is 4. The number of aryl methyl sites for hydroxylation is 2. The van der Waals surface area contributed by atoms with Crippen molar-refractivity contribution in [3.63, 3.8) is 0 Å². The van der Waals surface area contributed by atoms with E-state index in [1.807, 2.05) is 36.4 Å². The van der Waals surface area contributed by atoms with E-state index in [0.29, 0.717) is 77.3 Å². The number of phenols is 3. The second kappa shape index (κ2) is 57.3. The number of hydrogen-bond acceptors (Lipinski definition) is 21. The van der Waals surface area contributed by atoms with Crippen molar-refractivity contribution in [3.8, 4) is 63.2 Å². The Morgan fingerprint density at radius 3 is 1.23 bits per heavy atom. The molecule has 10 aromatic carbocycles. The summed E-state index contributed by atoms with van der Waals surface area (Å²) in [5.74, 6) is 0.154. The number of nitrogen functional groups attached to an aromatic ring is 1. The Bertz CT molecular complexity index is 4350. The second-order valence-electron chi connectivity index (χ2n) is 19.1. The molecule has 0 radical (unpaired) electrons. The van der Waals surface area contributed by atoms with E-state index in [0.717, 1.165) is 54.3 Å². The van der Waals surface area contributed by atoms with Crippen molar-refractivity contribution >= 4 is 105 Å². The number of aliphatic hydroxyl groups excluding tert-OH is 1. The van der Waals surface area contributed by atoms with Crippen molar-refractivity contribution in [2.45, 2.75) is 26.7 Å². The van der Waals surface area contributed by atoms with E-state index in [1.54, 1.807) is 98.1 Å². The van der Waals surface area contributed by atoms with E-state index < -0.39 is 57.8 Å². The van der Waals surface area contributed by atoms with Gasteiger partial charge in [-0.15, -0.1) is 0 Å². The van der Waals surface area contributed by atoms with Crippen LogP contribution < -0.4 is 137 Å². The molecular formula is C72H65Br4F6K2N3O20. The summed E-state index contributed by atoms with van der Waals surface area (Å²) >= 11 is 13.2. The Morgan fingerprint density at radius 2 is 0.850 bits per heavy atom. The van der Waals surface area contributed by atoms with Gasteiger partial charge in [-0.25, -0.2) is 17.6 Å². The number of aromatic hydroxyl groups is 3. The van der Waals surface area contributed by atoms with Crippen LogP contribution in [0.15, 0.2) is 224 Å². The number of aliphatic hydroxyl groups is 1. The van der Waals surface area contributed by atoms with E-state index in [2.05, 4.69) is 73.3 Å². The molecule has 6 N–H and O–H groups in total. The number of nitro benzene ring substituents is 2. The van der Waals surface area contributed by atoms with Gasteiger partial charge in [0, 0.05) is 44.9 Å². The third-order valence-corrected chi connectivity index (χ3v) is 13.9. The SMILES string of the molecule is CC(=O)OC(C)=O.CO.COc1ccc(O)c(C=O)c1.COc1ccc(O)c(CCc2cc(F)ccc2Oc2ccc(Br)cc2)c1.Nc1cc(F)ccc1Oc1ccc(Br)cc1.O=CO[O-].O=[N+]([O-])c1cc(F)ccc1F.O=[N+]([O-])c1cc(F)ccc1Oc1ccc(Br)cc1.Oc1ccc(Br)cc1.[2H]CF.[H-].[K+].[K+]. The molecule has 0 aliphatic rings. The summed E-state index contributed by atoms with van der Waals surface area (Å²) in [5.41, 5.74) is 6.37. The molecule has 10 rings (SSSR count). The fourth-order valence-electron chi connectivity index (χ4n) is 7.25. The molecular weight excluding hydrogens is 1740 g/mol. The number of nitrogens with zero attached hydrogens (tertiary/aromatic N) is 2. The summed E-state index contributed by atoms with van der Waals surface area (Å²) in [4.78, 5) is 60.2. The van der Waals surface area contributed by atoms with Crippen LogP contribution in [0.1, 0.15) is 38.1 Å². The summed E-state index contributed by atoms with van der Waals surface area (Å²) in [6, 6.07) is 51.7. The van der Waals surface area contributed by atoms with Crippen molar-refractivity contribution in [1.82, 2.24) is 0 Å². The molecule has 0 spiro atoms. The largest absolute Gasteiger partial charge is 1.00 e. The van der Waals surface area contributed by atoms with Crippen LogP contribution in [0.3, 0.4) is 0 Å². The van der Waals surface area contributed by atoms with Gasteiger partial charge < -0.3 is 66.2 Å². The van der Waals surface area contributed by atoms with Gasteiger partial charge in [-0.05, 0) is 212 Å². The fraction of sp³-hybridized carbons (Fsp3) is 0.111. The van der Waals surface area contributed by atoms with Crippen molar-refractivity contribution in [1.29, 1.82) is 0 Å². The molecule has 35 heteroatoms. The first kappa shape index (κ1) is 99.2. The number of esters is 2. The van der Waals surface area contributed by atoms with Gasteiger partial charge in [0.15, 0.2) is 12.0 Å². The normalized spacial score (nSPS) is 9.34. The number of rotatable bonds is 15. The molecule has 0 heterocycles. The molecule has 0 aromatic heterocycles.